The molecule has 168 valence electrons. The molecule has 0 aliphatic heterocycles. The van der Waals surface area contributed by atoms with Crippen LogP contribution in [0.1, 0.15) is 105 Å². The van der Waals surface area contributed by atoms with Crippen molar-refractivity contribution in [3.8, 4) is 0 Å². The predicted molar refractivity (Wildman–Crippen MR) is 134 cm³/mol. The van der Waals surface area contributed by atoms with Crippen LogP contribution in [0.25, 0.3) is 0 Å². The third-order valence-corrected chi connectivity index (χ3v) is 14.2. The molecule has 0 aromatic carbocycles. The van der Waals surface area contributed by atoms with Gasteiger partial charge in [0.25, 0.3) is 0 Å². The van der Waals surface area contributed by atoms with Gasteiger partial charge in [-0.3, -0.25) is 0 Å². The molecule has 4 rings (SSSR count). The van der Waals surface area contributed by atoms with Crippen molar-refractivity contribution >= 4 is 31.9 Å². The Bertz CT molecular complexity index is 569. The standard InChI is InChI=1S/C27H46Br2/c1-17(2)7-6-8-18(3)21-12-13-22-20-11-9-19-10-14-24(28)25(29)27(19,5)23(20)15-16-26(21,22)4/h17-25H,6-16H2,1-5H3/t18-,19+,20+,21+,22-,23+,24+,25+,26+,27+/m1/s1. The second-order valence-electron chi connectivity index (χ2n) is 12.5. The highest BCUT2D eigenvalue weighted by Crippen LogP contribution is 2.69. The Balaban J connectivity index is 1.50. The highest BCUT2D eigenvalue weighted by molar-refractivity contribution is 9.12. The normalized spacial score (nSPS) is 50.7. The Hall–Kier alpha value is 0.960. The molecule has 4 fully saturated rings. The van der Waals surface area contributed by atoms with Gasteiger partial charge in [-0.15, -0.1) is 0 Å². The summed E-state index contributed by atoms with van der Waals surface area (Å²) in [5.74, 6) is 6.70. The van der Waals surface area contributed by atoms with Crippen LogP contribution in [0.4, 0.5) is 0 Å². The second kappa shape index (κ2) is 8.72. The summed E-state index contributed by atoms with van der Waals surface area (Å²) in [6.45, 7) is 12.8. The summed E-state index contributed by atoms with van der Waals surface area (Å²) < 4.78 is 0. The van der Waals surface area contributed by atoms with E-state index in [-0.39, 0.29) is 0 Å². The molecule has 0 bridgehead atoms. The first-order valence-corrected chi connectivity index (χ1v) is 14.8. The van der Waals surface area contributed by atoms with Crippen molar-refractivity contribution in [1.29, 1.82) is 0 Å². The van der Waals surface area contributed by atoms with Gasteiger partial charge in [-0.2, -0.15) is 0 Å². The topological polar surface area (TPSA) is 0 Å². The fourth-order valence-electron chi connectivity index (χ4n) is 9.28. The maximum absolute atomic E-state index is 4.23. The quantitative estimate of drug-likeness (QED) is 0.311. The van der Waals surface area contributed by atoms with E-state index in [1.54, 1.807) is 0 Å². The Morgan fingerprint density at radius 1 is 0.828 bits per heavy atom. The highest BCUT2D eigenvalue weighted by atomic mass is 79.9. The SMILES string of the molecule is CC(C)CCC[C@@H](C)[C@@H]1CC[C@@H]2[C@@H]3CC[C@H]4CC[C@H](Br)[C@H](Br)[C@]4(C)[C@H]3CC[C@]21C. The van der Waals surface area contributed by atoms with Crippen LogP contribution >= 0.6 is 31.9 Å². The van der Waals surface area contributed by atoms with E-state index in [2.05, 4.69) is 66.5 Å². The minimum atomic E-state index is 0.512. The van der Waals surface area contributed by atoms with E-state index in [0.717, 1.165) is 41.4 Å². The van der Waals surface area contributed by atoms with E-state index in [9.17, 15) is 0 Å². The smallest absolute Gasteiger partial charge is 0.0330 e. The Morgan fingerprint density at radius 3 is 2.28 bits per heavy atom. The number of halogens is 2. The van der Waals surface area contributed by atoms with Gasteiger partial charge in [-0.25, -0.2) is 0 Å². The molecule has 10 atom stereocenters. The fraction of sp³-hybridized carbons (Fsp3) is 1.00. The van der Waals surface area contributed by atoms with Crippen LogP contribution in [0.5, 0.6) is 0 Å². The van der Waals surface area contributed by atoms with Crippen LogP contribution in [-0.2, 0) is 0 Å². The molecule has 0 unspecified atom stereocenters. The molecular weight excluding hydrogens is 484 g/mol. The monoisotopic (exact) mass is 528 g/mol. The fourth-order valence-corrected chi connectivity index (χ4v) is 11.1. The molecule has 4 aliphatic carbocycles. The van der Waals surface area contributed by atoms with Gasteiger partial charge in [0.05, 0.1) is 0 Å². The molecule has 0 aromatic heterocycles. The van der Waals surface area contributed by atoms with Crippen molar-refractivity contribution in [2.75, 3.05) is 0 Å². The van der Waals surface area contributed by atoms with Crippen molar-refractivity contribution in [3.05, 3.63) is 0 Å². The first-order chi connectivity index (χ1) is 13.7. The van der Waals surface area contributed by atoms with Gasteiger partial charge < -0.3 is 0 Å². The maximum Gasteiger partial charge on any atom is 0.0330 e. The molecule has 0 amide bonds. The van der Waals surface area contributed by atoms with E-state index in [0.29, 0.717) is 20.5 Å². The average molecular weight is 530 g/mol. The molecule has 0 aromatic rings. The number of hydrogen-bond acceptors (Lipinski definition) is 0. The van der Waals surface area contributed by atoms with Gasteiger partial charge in [-0.1, -0.05) is 85.7 Å². The summed E-state index contributed by atoms with van der Waals surface area (Å²) in [7, 11) is 0. The molecule has 0 heterocycles. The van der Waals surface area contributed by atoms with Crippen molar-refractivity contribution in [3.63, 3.8) is 0 Å². The molecule has 0 nitrogen and oxygen atoms in total. The Morgan fingerprint density at radius 2 is 1.55 bits per heavy atom. The van der Waals surface area contributed by atoms with Gasteiger partial charge in [0.1, 0.15) is 0 Å². The van der Waals surface area contributed by atoms with Crippen LogP contribution in [0.15, 0.2) is 0 Å². The number of fused-ring (bicyclic) bond motifs is 5. The first kappa shape index (κ1) is 23.1. The van der Waals surface area contributed by atoms with E-state index < -0.39 is 0 Å². The lowest BCUT2D eigenvalue weighted by Gasteiger charge is -2.63. The lowest BCUT2D eigenvalue weighted by atomic mass is 9.44. The van der Waals surface area contributed by atoms with Crippen molar-refractivity contribution in [2.24, 2.45) is 52.3 Å². The first-order valence-electron chi connectivity index (χ1n) is 13.0. The number of alkyl halides is 2. The molecular formula is C27H46Br2. The molecule has 4 saturated carbocycles. The molecule has 4 aliphatic rings. The van der Waals surface area contributed by atoms with Crippen molar-refractivity contribution in [1.82, 2.24) is 0 Å². The summed E-state index contributed by atoms with van der Waals surface area (Å²) in [6.07, 6.45) is 16.2. The number of rotatable bonds is 5. The molecule has 0 saturated heterocycles. The Kier molecular flexibility index (Phi) is 6.95. The minimum absolute atomic E-state index is 0.512. The van der Waals surface area contributed by atoms with Crippen LogP contribution in [0.3, 0.4) is 0 Å². The molecule has 0 N–H and O–H groups in total. The van der Waals surface area contributed by atoms with Gasteiger partial charge >= 0.3 is 0 Å². The maximum atomic E-state index is 4.23. The summed E-state index contributed by atoms with van der Waals surface area (Å²) >= 11 is 8.28. The van der Waals surface area contributed by atoms with Crippen LogP contribution in [-0.4, -0.2) is 9.65 Å². The minimum Gasteiger partial charge on any atom is -0.0878 e. The zero-order valence-corrected chi connectivity index (χ0v) is 22.9. The Labute approximate surface area is 198 Å². The molecule has 0 radical (unpaired) electrons. The zero-order chi connectivity index (χ0) is 21.0. The lowest BCUT2D eigenvalue weighted by Crippen LogP contribution is -2.58. The zero-order valence-electron chi connectivity index (χ0n) is 19.7. The summed E-state index contributed by atoms with van der Waals surface area (Å²) in [5.41, 5.74) is 1.14. The van der Waals surface area contributed by atoms with E-state index in [1.165, 1.54) is 70.6 Å². The third-order valence-electron chi connectivity index (χ3n) is 10.9. The molecule has 29 heavy (non-hydrogen) atoms. The van der Waals surface area contributed by atoms with Crippen LogP contribution in [0, 0.1) is 52.3 Å². The van der Waals surface area contributed by atoms with Gasteiger partial charge in [-0.05, 0) is 104 Å². The van der Waals surface area contributed by atoms with Crippen LogP contribution in [0.2, 0.25) is 0 Å². The second-order valence-corrected chi connectivity index (χ2v) is 14.7. The van der Waals surface area contributed by atoms with Crippen molar-refractivity contribution in [2.45, 2.75) is 115 Å². The van der Waals surface area contributed by atoms with Crippen LogP contribution < -0.4 is 0 Å². The number of hydrogen-bond donors (Lipinski definition) is 0. The predicted octanol–water partition coefficient (Wildman–Crippen LogP) is 9.24. The van der Waals surface area contributed by atoms with Gasteiger partial charge in [0, 0.05) is 9.65 Å². The average Bonchev–Trinajstić information content (AvgIpc) is 3.02. The largest absolute Gasteiger partial charge is 0.0878 e. The third kappa shape index (κ3) is 3.85. The summed E-state index contributed by atoms with van der Waals surface area (Å²) in [5, 5.41) is 0. The van der Waals surface area contributed by atoms with Crippen molar-refractivity contribution < 1.29 is 0 Å². The molecule has 0 spiro atoms. The van der Waals surface area contributed by atoms with E-state index in [4.69, 9.17) is 0 Å². The molecule has 2 heteroatoms. The summed E-state index contributed by atoms with van der Waals surface area (Å²) in [6, 6.07) is 0. The van der Waals surface area contributed by atoms with Gasteiger partial charge in [0.2, 0.25) is 0 Å². The van der Waals surface area contributed by atoms with Gasteiger partial charge in [0.15, 0.2) is 0 Å². The summed E-state index contributed by atoms with van der Waals surface area (Å²) in [4.78, 5) is 1.34. The van der Waals surface area contributed by atoms with E-state index in [1.807, 2.05) is 0 Å². The van der Waals surface area contributed by atoms with E-state index >= 15 is 0 Å². The highest BCUT2D eigenvalue weighted by Gasteiger charge is 2.62. The lowest BCUT2D eigenvalue weighted by molar-refractivity contribution is -0.109.